The van der Waals surface area contributed by atoms with Crippen LogP contribution in [0, 0.1) is 6.92 Å². The minimum absolute atomic E-state index is 0.101. The maximum atomic E-state index is 13.1. The van der Waals surface area contributed by atoms with Gasteiger partial charge in [-0.25, -0.2) is 0 Å². The third kappa shape index (κ3) is 4.46. The number of aliphatic hydroxyl groups excluding tert-OH is 1. The van der Waals surface area contributed by atoms with E-state index in [1.807, 2.05) is 6.92 Å². The number of amides is 1. The van der Waals surface area contributed by atoms with Gasteiger partial charge in [-0.2, -0.15) is 0 Å². The average molecular weight is 424 g/mol. The van der Waals surface area contributed by atoms with Gasteiger partial charge in [-0.05, 0) is 61.5 Å². The van der Waals surface area contributed by atoms with Gasteiger partial charge in [0.15, 0.2) is 0 Å². The van der Waals surface area contributed by atoms with Crippen molar-refractivity contribution in [3.63, 3.8) is 0 Å². The van der Waals surface area contributed by atoms with Crippen LogP contribution in [-0.4, -0.2) is 64.9 Å². The summed E-state index contributed by atoms with van der Waals surface area (Å²) in [7, 11) is 1.57. The molecule has 1 saturated heterocycles. The van der Waals surface area contributed by atoms with Gasteiger partial charge >= 0.3 is 0 Å². The lowest BCUT2D eigenvalue weighted by molar-refractivity contribution is -0.140. The van der Waals surface area contributed by atoms with E-state index in [4.69, 9.17) is 4.74 Å². The molecular formula is C24H29N3O4. The number of hydrogen-bond acceptors (Lipinski definition) is 6. The molecule has 164 valence electrons. The molecule has 1 aliphatic rings. The van der Waals surface area contributed by atoms with E-state index in [0.717, 1.165) is 24.2 Å². The Morgan fingerprint density at radius 1 is 1.16 bits per heavy atom. The quantitative estimate of drug-likeness (QED) is 0.399. The fraction of sp³-hybridized carbons (Fsp3) is 0.375. The summed E-state index contributed by atoms with van der Waals surface area (Å²) in [5.41, 5.74) is 2.09. The van der Waals surface area contributed by atoms with Crippen LogP contribution in [0.2, 0.25) is 0 Å². The average Bonchev–Trinajstić information content (AvgIpc) is 3.04. The minimum Gasteiger partial charge on any atom is -0.507 e. The standard InChI is InChI=1S/C24H29N3O4/c1-5-26(6-2)13-14-27-21(17-9-11-25-12-10-17)20(23(29)24(27)30)22(28)19-8-7-18(31-4)15-16(19)3/h7-12,15,21,28H,5-6,13-14H2,1-4H3. The number of methoxy groups -OCH3 is 1. The van der Waals surface area contributed by atoms with Crippen LogP contribution in [0.4, 0.5) is 0 Å². The number of ketones is 1. The van der Waals surface area contributed by atoms with Crippen molar-refractivity contribution >= 4 is 17.4 Å². The third-order valence-electron chi connectivity index (χ3n) is 5.80. The van der Waals surface area contributed by atoms with E-state index < -0.39 is 17.7 Å². The van der Waals surface area contributed by atoms with Crippen LogP contribution in [0.25, 0.3) is 5.76 Å². The van der Waals surface area contributed by atoms with E-state index in [0.29, 0.717) is 24.4 Å². The zero-order valence-electron chi connectivity index (χ0n) is 18.5. The lowest BCUT2D eigenvalue weighted by Crippen LogP contribution is -2.38. The lowest BCUT2D eigenvalue weighted by atomic mass is 9.94. The maximum Gasteiger partial charge on any atom is 0.295 e. The molecule has 0 bridgehead atoms. The number of carbonyl (C=O) groups excluding carboxylic acids is 2. The van der Waals surface area contributed by atoms with Crippen LogP contribution in [-0.2, 0) is 9.59 Å². The summed E-state index contributed by atoms with van der Waals surface area (Å²) in [6, 6.07) is 8.09. The largest absolute Gasteiger partial charge is 0.507 e. The molecule has 1 fully saturated rings. The molecule has 1 atom stereocenters. The summed E-state index contributed by atoms with van der Waals surface area (Å²) < 4.78 is 5.24. The number of nitrogens with zero attached hydrogens (tertiary/aromatic N) is 3. The summed E-state index contributed by atoms with van der Waals surface area (Å²) in [6.07, 6.45) is 3.25. The zero-order chi connectivity index (χ0) is 22.5. The van der Waals surface area contributed by atoms with E-state index >= 15 is 0 Å². The number of ether oxygens (including phenoxy) is 1. The van der Waals surface area contributed by atoms with Crippen LogP contribution < -0.4 is 4.74 Å². The number of aryl methyl sites for hydroxylation is 1. The maximum absolute atomic E-state index is 13.1. The Balaban J connectivity index is 2.10. The third-order valence-corrected chi connectivity index (χ3v) is 5.80. The van der Waals surface area contributed by atoms with Crippen LogP contribution in [0.15, 0.2) is 48.3 Å². The molecule has 7 heteroatoms. The summed E-state index contributed by atoms with van der Waals surface area (Å²) in [4.78, 5) is 33.9. The number of likely N-dealkylation sites (N-methyl/N-ethyl adjacent to an activating group) is 1. The first-order chi connectivity index (χ1) is 14.9. The highest BCUT2D eigenvalue weighted by molar-refractivity contribution is 6.46. The predicted octanol–water partition coefficient (Wildman–Crippen LogP) is 3.16. The van der Waals surface area contributed by atoms with Crippen molar-refractivity contribution in [2.75, 3.05) is 33.3 Å². The molecule has 1 aromatic heterocycles. The highest BCUT2D eigenvalue weighted by Gasteiger charge is 2.46. The van der Waals surface area contributed by atoms with Crippen molar-refractivity contribution in [3.05, 3.63) is 65.0 Å². The molecule has 1 N–H and O–H groups in total. The number of aliphatic hydroxyl groups is 1. The number of benzene rings is 1. The Labute approximate surface area is 183 Å². The van der Waals surface area contributed by atoms with Crippen molar-refractivity contribution in [3.8, 4) is 5.75 Å². The molecule has 2 aromatic rings. The Bertz CT molecular complexity index is 984. The van der Waals surface area contributed by atoms with Crippen LogP contribution in [0.5, 0.6) is 5.75 Å². The van der Waals surface area contributed by atoms with Gasteiger partial charge in [0, 0.05) is 31.0 Å². The van der Waals surface area contributed by atoms with E-state index in [9.17, 15) is 14.7 Å². The molecule has 3 rings (SSSR count). The smallest absolute Gasteiger partial charge is 0.295 e. The number of Topliss-reactive ketones (excluding diaryl/α,β-unsaturated/α-hetero) is 1. The van der Waals surface area contributed by atoms with Gasteiger partial charge in [0.25, 0.3) is 11.7 Å². The first-order valence-electron chi connectivity index (χ1n) is 10.5. The van der Waals surface area contributed by atoms with Crippen LogP contribution in [0.3, 0.4) is 0 Å². The minimum atomic E-state index is -0.672. The molecule has 1 aliphatic heterocycles. The number of hydrogen-bond donors (Lipinski definition) is 1. The van der Waals surface area contributed by atoms with Gasteiger partial charge in [-0.1, -0.05) is 13.8 Å². The van der Waals surface area contributed by atoms with Crippen LogP contribution in [0.1, 0.15) is 36.6 Å². The highest BCUT2D eigenvalue weighted by Crippen LogP contribution is 2.39. The molecular weight excluding hydrogens is 394 g/mol. The molecule has 0 aliphatic carbocycles. The first-order valence-corrected chi connectivity index (χ1v) is 10.5. The molecule has 1 aromatic carbocycles. The number of rotatable bonds is 8. The number of likely N-dealkylation sites (tertiary alicyclic amines) is 1. The van der Waals surface area contributed by atoms with Gasteiger partial charge < -0.3 is 19.6 Å². The van der Waals surface area contributed by atoms with E-state index in [2.05, 4.69) is 23.7 Å². The fourth-order valence-electron chi connectivity index (χ4n) is 3.97. The van der Waals surface area contributed by atoms with Gasteiger partial charge in [-0.15, -0.1) is 0 Å². The molecule has 31 heavy (non-hydrogen) atoms. The topological polar surface area (TPSA) is 83.0 Å². The lowest BCUT2D eigenvalue weighted by Gasteiger charge is -2.28. The fourth-order valence-corrected chi connectivity index (χ4v) is 3.97. The van der Waals surface area contributed by atoms with Crippen molar-refractivity contribution in [2.45, 2.75) is 26.8 Å². The van der Waals surface area contributed by atoms with E-state index in [-0.39, 0.29) is 11.3 Å². The molecule has 7 nitrogen and oxygen atoms in total. The predicted molar refractivity (Wildman–Crippen MR) is 119 cm³/mol. The monoisotopic (exact) mass is 423 g/mol. The molecule has 0 radical (unpaired) electrons. The van der Waals surface area contributed by atoms with Crippen molar-refractivity contribution in [2.24, 2.45) is 0 Å². The normalized spacial score (nSPS) is 18.1. The Morgan fingerprint density at radius 3 is 2.42 bits per heavy atom. The molecule has 0 saturated carbocycles. The van der Waals surface area contributed by atoms with Crippen molar-refractivity contribution < 1.29 is 19.4 Å². The van der Waals surface area contributed by atoms with Gasteiger partial charge in [0.05, 0.1) is 18.7 Å². The second-order valence-corrected chi connectivity index (χ2v) is 7.48. The second-order valence-electron chi connectivity index (χ2n) is 7.48. The van der Waals surface area contributed by atoms with Crippen molar-refractivity contribution in [1.29, 1.82) is 0 Å². The van der Waals surface area contributed by atoms with Gasteiger partial charge in [-0.3, -0.25) is 14.6 Å². The van der Waals surface area contributed by atoms with Gasteiger partial charge in [0.2, 0.25) is 0 Å². The SMILES string of the molecule is CCN(CC)CCN1C(=O)C(=O)C(=C(O)c2ccc(OC)cc2C)C1c1ccncc1. The van der Waals surface area contributed by atoms with Crippen LogP contribution >= 0.6 is 0 Å². The highest BCUT2D eigenvalue weighted by atomic mass is 16.5. The molecule has 2 heterocycles. The number of pyridine rings is 1. The van der Waals surface area contributed by atoms with Crippen molar-refractivity contribution in [1.82, 2.24) is 14.8 Å². The second kappa shape index (κ2) is 9.75. The number of aromatic nitrogens is 1. The summed E-state index contributed by atoms with van der Waals surface area (Å²) in [6.45, 7) is 8.68. The Morgan fingerprint density at radius 2 is 1.84 bits per heavy atom. The van der Waals surface area contributed by atoms with Gasteiger partial charge in [0.1, 0.15) is 11.5 Å². The summed E-state index contributed by atoms with van der Waals surface area (Å²) >= 11 is 0. The molecule has 1 amide bonds. The molecule has 1 unspecified atom stereocenters. The summed E-state index contributed by atoms with van der Waals surface area (Å²) in [5, 5.41) is 11.2. The summed E-state index contributed by atoms with van der Waals surface area (Å²) in [5.74, 6) is -0.791. The Hall–Kier alpha value is -3.19. The number of carbonyl (C=O) groups is 2. The molecule has 0 spiro atoms. The Kier molecular flexibility index (Phi) is 7.07. The van der Waals surface area contributed by atoms with E-state index in [1.165, 1.54) is 0 Å². The zero-order valence-corrected chi connectivity index (χ0v) is 18.5. The van der Waals surface area contributed by atoms with E-state index in [1.54, 1.807) is 54.7 Å². The first kappa shape index (κ1) is 22.5.